The predicted octanol–water partition coefficient (Wildman–Crippen LogP) is 3.81. The first-order valence-electron chi connectivity index (χ1n) is 13.0. The summed E-state index contributed by atoms with van der Waals surface area (Å²) in [5.41, 5.74) is -0.207. The van der Waals surface area contributed by atoms with E-state index in [4.69, 9.17) is 4.74 Å². The van der Waals surface area contributed by atoms with Gasteiger partial charge in [0.2, 0.25) is 11.8 Å². The molecule has 0 N–H and O–H groups in total. The highest BCUT2D eigenvalue weighted by Gasteiger charge is 2.40. The highest BCUT2D eigenvalue weighted by Crippen LogP contribution is 2.37. The van der Waals surface area contributed by atoms with Crippen LogP contribution >= 0.6 is 0 Å². The molecule has 3 heterocycles. The minimum atomic E-state index is -0.207. The number of carbonyl (C=O) groups excluding carboxylic acids is 2. The van der Waals surface area contributed by atoms with Crippen LogP contribution in [0.3, 0.4) is 0 Å². The van der Waals surface area contributed by atoms with E-state index in [9.17, 15) is 9.59 Å². The fourth-order valence-electron chi connectivity index (χ4n) is 5.44. The third-order valence-corrected chi connectivity index (χ3v) is 7.94. The van der Waals surface area contributed by atoms with E-state index in [0.29, 0.717) is 32.7 Å². The normalized spacial score (nSPS) is 22.2. The number of hydrogen-bond donors (Lipinski definition) is 0. The number of nitrogens with zero attached hydrogens (tertiary/aromatic N) is 3. The average Bonchev–Trinajstić information content (AvgIpc) is 2.86. The number of carbonyl (C=O) groups is 2. The van der Waals surface area contributed by atoms with Crippen molar-refractivity contribution in [1.29, 1.82) is 0 Å². The van der Waals surface area contributed by atoms with E-state index in [-0.39, 0.29) is 17.2 Å². The molecule has 0 aliphatic carbocycles. The monoisotopic (exact) mass is 455 g/mol. The van der Waals surface area contributed by atoms with E-state index in [1.165, 1.54) is 19.3 Å². The maximum atomic E-state index is 13.2. The second kappa shape index (κ2) is 11.4. The lowest BCUT2D eigenvalue weighted by molar-refractivity contribution is -0.139. The quantitative estimate of drug-likeness (QED) is 0.627. The molecule has 6 heteroatoms. The Kier molecular flexibility index (Phi) is 8.29. The molecule has 4 rings (SSSR count). The summed E-state index contributed by atoms with van der Waals surface area (Å²) in [5, 5.41) is 0. The molecule has 0 bridgehead atoms. The minimum absolute atomic E-state index is 0.207. The second-order valence-corrected chi connectivity index (χ2v) is 10.6. The van der Waals surface area contributed by atoms with Crippen LogP contribution in [0.4, 0.5) is 0 Å². The van der Waals surface area contributed by atoms with E-state index in [1.807, 2.05) is 40.1 Å². The number of hydrogen-bond acceptors (Lipinski definition) is 4. The van der Waals surface area contributed by atoms with Crippen LogP contribution < -0.4 is 4.74 Å². The van der Waals surface area contributed by atoms with E-state index in [2.05, 4.69) is 11.8 Å². The van der Waals surface area contributed by atoms with Gasteiger partial charge in [0, 0.05) is 38.0 Å². The number of rotatable bonds is 7. The Morgan fingerprint density at radius 2 is 1.52 bits per heavy atom. The highest BCUT2D eigenvalue weighted by atomic mass is 16.5. The summed E-state index contributed by atoms with van der Waals surface area (Å²) < 4.78 is 6.18. The third-order valence-electron chi connectivity index (χ3n) is 7.94. The number of para-hydroxylation sites is 1. The third kappa shape index (κ3) is 6.72. The molecule has 0 atom stereocenters. The predicted molar refractivity (Wildman–Crippen MR) is 130 cm³/mol. The van der Waals surface area contributed by atoms with Crippen LogP contribution in [-0.4, -0.2) is 78.9 Å². The zero-order chi connectivity index (χ0) is 23.1. The summed E-state index contributed by atoms with van der Waals surface area (Å²) in [6.45, 7) is 8.62. The van der Waals surface area contributed by atoms with Gasteiger partial charge in [0.05, 0.1) is 13.2 Å². The fraction of sp³-hybridized carbons (Fsp3) is 0.704. The molecule has 6 nitrogen and oxygen atoms in total. The minimum Gasteiger partial charge on any atom is -0.493 e. The van der Waals surface area contributed by atoms with Crippen LogP contribution in [0.15, 0.2) is 30.3 Å². The summed E-state index contributed by atoms with van der Waals surface area (Å²) >= 11 is 0. The molecule has 0 saturated carbocycles. The van der Waals surface area contributed by atoms with Crippen molar-refractivity contribution < 1.29 is 14.3 Å². The molecular formula is C27H41N3O3. The van der Waals surface area contributed by atoms with Crippen molar-refractivity contribution in [3.63, 3.8) is 0 Å². The first-order valence-corrected chi connectivity index (χ1v) is 13.0. The molecule has 3 aliphatic heterocycles. The number of benzene rings is 1. The lowest BCUT2D eigenvalue weighted by Gasteiger charge is -2.43. The zero-order valence-corrected chi connectivity index (χ0v) is 20.3. The topological polar surface area (TPSA) is 53.1 Å². The number of ether oxygens (including phenoxy) is 1. The van der Waals surface area contributed by atoms with Gasteiger partial charge in [-0.25, -0.2) is 0 Å². The summed E-state index contributed by atoms with van der Waals surface area (Å²) in [5.74, 6) is 2.12. The fourth-order valence-corrected chi connectivity index (χ4v) is 5.44. The number of amides is 2. The number of piperidine rings is 3. The first kappa shape index (κ1) is 24.1. The van der Waals surface area contributed by atoms with Gasteiger partial charge in [-0.1, -0.05) is 25.1 Å². The molecule has 0 radical (unpaired) electrons. The Morgan fingerprint density at radius 1 is 0.879 bits per heavy atom. The van der Waals surface area contributed by atoms with Gasteiger partial charge in [0.15, 0.2) is 0 Å². The lowest BCUT2D eigenvalue weighted by atomic mass is 9.75. The van der Waals surface area contributed by atoms with Crippen molar-refractivity contribution in [2.45, 2.75) is 58.3 Å². The zero-order valence-electron chi connectivity index (χ0n) is 20.3. The molecule has 3 fully saturated rings. The summed E-state index contributed by atoms with van der Waals surface area (Å²) in [6, 6.07) is 9.87. The molecule has 0 spiro atoms. The van der Waals surface area contributed by atoms with Gasteiger partial charge in [-0.05, 0) is 76.1 Å². The van der Waals surface area contributed by atoms with E-state index < -0.39 is 0 Å². The standard InChI is InChI=1S/C27H41N3O3/c1-23-10-16-28(17-11-23)21-26(32)30-18-12-27(13-19-30,22-33-24-8-4-2-5-9-24)20-25(31)29-14-6-3-7-15-29/h2,4-5,8-9,23H,3,6-7,10-22H2,1H3. The Labute approximate surface area is 199 Å². The van der Waals surface area contributed by atoms with Crippen molar-refractivity contribution in [1.82, 2.24) is 14.7 Å². The number of likely N-dealkylation sites (tertiary alicyclic amines) is 3. The molecule has 0 aromatic heterocycles. The maximum absolute atomic E-state index is 13.2. The Morgan fingerprint density at radius 3 is 2.18 bits per heavy atom. The summed E-state index contributed by atoms with van der Waals surface area (Å²) in [6.07, 6.45) is 7.97. The highest BCUT2D eigenvalue weighted by molar-refractivity contribution is 5.79. The van der Waals surface area contributed by atoms with E-state index in [0.717, 1.165) is 63.5 Å². The summed E-state index contributed by atoms with van der Waals surface area (Å²) in [7, 11) is 0. The maximum Gasteiger partial charge on any atom is 0.236 e. The Balaban J connectivity index is 1.35. The van der Waals surface area contributed by atoms with Gasteiger partial charge in [-0.3, -0.25) is 14.5 Å². The van der Waals surface area contributed by atoms with Crippen LogP contribution in [0.25, 0.3) is 0 Å². The molecule has 33 heavy (non-hydrogen) atoms. The molecule has 1 aromatic rings. The second-order valence-electron chi connectivity index (χ2n) is 10.6. The molecule has 3 aliphatic rings. The largest absolute Gasteiger partial charge is 0.493 e. The van der Waals surface area contributed by atoms with Gasteiger partial charge in [0.25, 0.3) is 0 Å². The van der Waals surface area contributed by atoms with Crippen LogP contribution in [0.5, 0.6) is 5.75 Å². The van der Waals surface area contributed by atoms with Gasteiger partial charge in [0.1, 0.15) is 5.75 Å². The van der Waals surface area contributed by atoms with E-state index >= 15 is 0 Å². The van der Waals surface area contributed by atoms with Crippen molar-refractivity contribution in [3.8, 4) is 5.75 Å². The first-order chi connectivity index (χ1) is 16.0. The molecule has 182 valence electrons. The Bertz CT molecular complexity index is 762. The van der Waals surface area contributed by atoms with Crippen molar-refractivity contribution >= 4 is 11.8 Å². The lowest BCUT2D eigenvalue weighted by Crippen LogP contribution is -2.50. The van der Waals surface area contributed by atoms with Gasteiger partial charge in [-0.2, -0.15) is 0 Å². The smallest absolute Gasteiger partial charge is 0.236 e. The van der Waals surface area contributed by atoms with Gasteiger partial charge < -0.3 is 14.5 Å². The summed E-state index contributed by atoms with van der Waals surface area (Å²) in [4.78, 5) is 32.5. The SMILES string of the molecule is CC1CCN(CC(=O)N2CCC(COc3ccccc3)(CC(=O)N3CCCCC3)CC2)CC1. The molecule has 2 amide bonds. The molecular weight excluding hydrogens is 414 g/mol. The Hall–Kier alpha value is -2.08. The average molecular weight is 456 g/mol. The van der Waals surface area contributed by atoms with Crippen LogP contribution in [0.1, 0.15) is 58.3 Å². The van der Waals surface area contributed by atoms with E-state index in [1.54, 1.807) is 0 Å². The van der Waals surface area contributed by atoms with Crippen LogP contribution in [0, 0.1) is 11.3 Å². The van der Waals surface area contributed by atoms with Crippen molar-refractivity contribution in [2.24, 2.45) is 11.3 Å². The van der Waals surface area contributed by atoms with Crippen molar-refractivity contribution in [2.75, 3.05) is 52.4 Å². The van der Waals surface area contributed by atoms with Crippen LogP contribution in [-0.2, 0) is 9.59 Å². The van der Waals surface area contributed by atoms with Gasteiger partial charge in [-0.15, -0.1) is 0 Å². The van der Waals surface area contributed by atoms with Gasteiger partial charge >= 0.3 is 0 Å². The van der Waals surface area contributed by atoms with Crippen molar-refractivity contribution in [3.05, 3.63) is 30.3 Å². The molecule has 1 aromatic carbocycles. The van der Waals surface area contributed by atoms with Crippen LogP contribution in [0.2, 0.25) is 0 Å². The molecule has 3 saturated heterocycles. The molecule has 0 unspecified atom stereocenters.